The molecule has 0 fully saturated rings. The number of para-hydroxylation sites is 1. The van der Waals surface area contributed by atoms with Gasteiger partial charge in [-0.05, 0) is 29.8 Å². The van der Waals surface area contributed by atoms with Crippen LogP contribution in [0.25, 0.3) is 0 Å². The Bertz CT molecular complexity index is 675. The van der Waals surface area contributed by atoms with E-state index in [0.717, 1.165) is 16.1 Å². The van der Waals surface area contributed by atoms with Crippen molar-refractivity contribution in [3.63, 3.8) is 0 Å². The number of benzene rings is 2. The number of nitrogens with one attached hydrogen (secondary N) is 1. The van der Waals surface area contributed by atoms with Gasteiger partial charge in [0.15, 0.2) is 0 Å². The molecule has 2 aromatic rings. The molecule has 0 spiro atoms. The first-order chi connectivity index (χ1) is 9.65. The van der Waals surface area contributed by atoms with Crippen molar-refractivity contribution >= 4 is 46.6 Å². The first-order valence-electron chi connectivity index (χ1n) is 6.13. The molecule has 2 aromatic carbocycles. The SMILES string of the molecule is O=C1Nc2ccccc2SCC1c1ccc(Cl)cc1Cl. The van der Waals surface area contributed by atoms with Gasteiger partial charge in [-0.2, -0.15) is 0 Å². The molecular weight excluding hydrogens is 313 g/mol. The molecule has 1 N–H and O–H groups in total. The molecule has 1 amide bonds. The van der Waals surface area contributed by atoms with Crippen LogP contribution in [0.1, 0.15) is 11.5 Å². The van der Waals surface area contributed by atoms with E-state index in [1.165, 1.54) is 0 Å². The van der Waals surface area contributed by atoms with Crippen molar-refractivity contribution in [3.05, 3.63) is 58.1 Å². The Balaban J connectivity index is 1.95. The summed E-state index contributed by atoms with van der Waals surface area (Å²) in [6.07, 6.45) is 0. The molecule has 2 nitrogen and oxygen atoms in total. The summed E-state index contributed by atoms with van der Waals surface area (Å²) in [5.74, 6) is 0.341. The summed E-state index contributed by atoms with van der Waals surface area (Å²) in [5.41, 5.74) is 1.67. The minimum absolute atomic E-state index is 0.0355. The van der Waals surface area contributed by atoms with E-state index < -0.39 is 0 Å². The summed E-state index contributed by atoms with van der Waals surface area (Å²) >= 11 is 13.8. The van der Waals surface area contributed by atoms with Crippen molar-refractivity contribution in [2.24, 2.45) is 0 Å². The lowest BCUT2D eigenvalue weighted by atomic mass is 10.00. The van der Waals surface area contributed by atoms with Crippen molar-refractivity contribution < 1.29 is 4.79 Å². The maximum Gasteiger partial charge on any atom is 0.232 e. The molecule has 3 rings (SSSR count). The molecule has 0 radical (unpaired) electrons. The topological polar surface area (TPSA) is 29.1 Å². The monoisotopic (exact) mass is 323 g/mol. The quantitative estimate of drug-likeness (QED) is 0.815. The van der Waals surface area contributed by atoms with Crippen molar-refractivity contribution in [2.75, 3.05) is 11.1 Å². The molecule has 0 bridgehead atoms. The molecule has 1 unspecified atom stereocenters. The largest absolute Gasteiger partial charge is 0.325 e. The second-order valence-electron chi connectivity index (χ2n) is 4.51. The van der Waals surface area contributed by atoms with Crippen LogP contribution in [0.4, 0.5) is 5.69 Å². The van der Waals surface area contributed by atoms with E-state index in [4.69, 9.17) is 23.2 Å². The van der Waals surface area contributed by atoms with Gasteiger partial charge in [0.1, 0.15) is 0 Å². The summed E-state index contributed by atoms with van der Waals surface area (Å²) < 4.78 is 0. The number of anilines is 1. The van der Waals surface area contributed by atoms with Gasteiger partial charge in [0.25, 0.3) is 0 Å². The summed E-state index contributed by atoms with van der Waals surface area (Å²) in [6, 6.07) is 13.1. The number of rotatable bonds is 1. The molecule has 1 aliphatic rings. The Kier molecular flexibility index (Phi) is 3.92. The minimum atomic E-state index is -0.280. The van der Waals surface area contributed by atoms with E-state index in [1.807, 2.05) is 30.3 Å². The number of fused-ring (bicyclic) bond motifs is 1. The van der Waals surface area contributed by atoms with Crippen LogP contribution in [0.15, 0.2) is 47.4 Å². The van der Waals surface area contributed by atoms with Gasteiger partial charge < -0.3 is 5.32 Å². The van der Waals surface area contributed by atoms with Crippen LogP contribution in [-0.4, -0.2) is 11.7 Å². The third kappa shape index (κ3) is 2.66. The van der Waals surface area contributed by atoms with Crippen molar-refractivity contribution in [2.45, 2.75) is 10.8 Å². The average Bonchev–Trinajstić information content (AvgIpc) is 2.58. The molecule has 1 heterocycles. The summed E-state index contributed by atoms with van der Waals surface area (Å²) in [5, 5.41) is 4.07. The van der Waals surface area contributed by atoms with E-state index in [0.29, 0.717) is 15.8 Å². The van der Waals surface area contributed by atoms with Crippen molar-refractivity contribution in [3.8, 4) is 0 Å². The Morgan fingerprint density at radius 3 is 2.75 bits per heavy atom. The highest BCUT2D eigenvalue weighted by molar-refractivity contribution is 7.99. The fourth-order valence-electron chi connectivity index (χ4n) is 2.18. The number of thioether (sulfide) groups is 1. The lowest BCUT2D eigenvalue weighted by Crippen LogP contribution is -2.21. The smallest absolute Gasteiger partial charge is 0.232 e. The van der Waals surface area contributed by atoms with Crippen molar-refractivity contribution in [1.29, 1.82) is 0 Å². The number of carbonyl (C=O) groups excluding carboxylic acids is 1. The standard InChI is InChI=1S/C15H11Cl2NOS/c16-9-5-6-10(12(17)7-9)11-8-20-14-4-2-1-3-13(14)18-15(11)19/h1-7,11H,8H2,(H,18,19). The summed E-state index contributed by atoms with van der Waals surface area (Å²) in [4.78, 5) is 13.5. The molecule has 20 heavy (non-hydrogen) atoms. The molecule has 1 atom stereocenters. The van der Waals surface area contributed by atoms with Crippen LogP contribution < -0.4 is 5.32 Å². The third-order valence-corrected chi connectivity index (χ3v) is 4.93. The molecule has 0 saturated carbocycles. The predicted molar refractivity (Wildman–Crippen MR) is 85.0 cm³/mol. The summed E-state index contributed by atoms with van der Waals surface area (Å²) in [6.45, 7) is 0. The number of hydrogen-bond acceptors (Lipinski definition) is 2. The van der Waals surface area contributed by atoms with Gasteiger partial charge in [-0.1, -0.05) is 41.4 Å². The Morgan fingerprint density at radius 2 is 1.95 bits per heavy atom. The lowest BCUT2D eigenvalue weighted by molar-refractivity contribution is -0.117. The Labute approximate surface area is 131 Å². The maximum atomic E-state index is 12.4. The molecule has 0 saturated heterocycles. The average molecular weight is 324 g/mol. The second-order valence-corrected chi connectivity index (χ2v) is 6.42. The van der Waals surface area contributed by atoms with Crippen LogP contribution in [0.2, 0.25) is 10.0 Å². The fourth-order valence-corrected chi connectivity index (χ4v) is 3.85. The van der Waals surface area contributed by atoms with Gasteiger partial charge in [0, 0.05) is 20.7 Å². The van der Waals surface area contributed by atoms with E-state index in [-0.39, 0.29) is 11.8 Å². The predicted octanol–water partition coefficient (Wildman–Crippen LogP) is 4.82. The fraction of sp³-hybridized carbons (Fsp3) is 0.133. The van der Waals surface area contributed by atoms with Gasteiger partial charge in [0.2, 0.25) is 5.91 Å². The van der Waals surface area contributed by atoms with Gasteiger partial charge in [0.05, 0.1) is 11.6 Å². The van der Waals surface area contributed by atoms with Crippen LogP contribution in [0.3, 0.4) is 0 Å². The van der Waals surface area contributed by atoms with Crippen LogP contribution in [-0.2, 0) is 4.79 Å². The highest BCUT2D eigenvalue weighted by Crippen LogP contribution is 2.38. The first kappa shape index (κ1) is 13.8. The van der Waals surface area contributed by atoms with Crippen LogP contribution in [0, 0.1) is 0 Å². The molecule has 0 aromatic heterocycles. The number of hydrogen-bond donors (Lipinski definition) is 1. The maximum absolute atomic E-state index is 12.4. The Morgan fingerprint density at radius 1 is 1.15 bits per heavy atom. The minimum Gasteiger partial charge on any atom is -0.325 e. The third-order valence-electron chi connectivity index (χ3n) is 3.20. The molecule has 1 aliphatic heterocycles. The van der Waals surface area contributed by atoms with Gasteiger partial charge in [-0.25, -0.2) is 0 Å². The second kappa shape index (κ2) is 5.68. The highest BCUT2D eigenvalue weighted by Gasteiger charge is 2.27. The van der Waals surface area contributed by atoms with Gasteiger partial charge in [-0.15, -0.1) is 11.8 Å². The van der Waals surface area contributed by atoms with Crippen molar-refractivity contribution in [1.82, 2.24) is 0 Å². The highest BCUT2D eigenvalue weighted by atomic mass is 35.5. The summed E-state index contributed by atoms with van der Waals surface area (Å²) in [7, 11) is 0. The van der Waals surface area contributed by atoms with E-state index >= 15 is 0 Å². The normalized spacial score (nSPS) is 18.1. The number of halogens is 2. The van der Waals surface area contributed by atoms with Crippen LogP contribution >= 0.6 is 35.0 Å². The van der Waals surface area contributed by atoms with E-state index in [2.05, 4.69) is 5.32 Å². The van der Waals surface area contributed by atoms with E-state index in [1.54, 1.807) is 23.9 Å². The van der Waals surface area contributed by atoms with Gasteiger partial charge in [-0.3, -0.25) is 4.79 Å². The van der Waals surface area contributed by atoms with E-state index in [9.17, 15) is 4.79 Å². The Hall–Kier alpha value is -1.16. The number of carbonyl (C=O) groups is 1. The number of amides is 1. The molecule has 5 heteroatoms. The van der Waals surface area contributed by atoms with Gasteiger partial charge >= 0.3 is 0 Å². The molecule has 102 valence electrons. The zero-order valence-corrected chi connectivity index (χ0v) is 12.7. The zero-order valence-electron chi connectivity index (χ0n) is 10.4. The first-order valence-corrected chi connectivity index (χ1v) is 7.87. The zero-order chi connectivity index (χ0) is 14.1. The van der Waals surface area contributed by atoms with Crippen LogP contribution in [0.5, 0.6) is 0 Å². The molecular formula is C15H11Cl2NOS. The lowest BCUT2D eigenvalue weighted by Gasteiger charge is -2.14. The molecule has 0 aliphatic carbocycles.